The van der Waals surface area contributed by atoms with Gasteiger partial charge in [0.15, 0.2) is 11.6 Å². The third-order valence-electron chi connectivity index (χ3n) is 2.85. The molecule has 0 heterocycles. The van der Waals surface area contributed by atoms with Crippen molar-refractivity contribution in [3.05, 3.63) is 65.0 Å². The van der Waals surface area contributed by atoms with Gasteiger partial charge in [0.1, 0.15) is 18.2 Å². The van der Waals surface area contributed by atoms with Gasteiger partial charge >= 0.3 is 0 Å². The van der Waals surface area contributed by atoms with E-state index in [0.717, 1.165) is 12.1 Å². The van der Waals surface area contributed by atoms with Gasteiger partial charge in [0, 0.05) is 17.2 Å². The van der Waals surface area contributed by atoms with E-state index in [2.05, 4.69) is 0 Å². The Bertz CT molecular complexity index is 612. The number of halogens is 3. The van der Waals surface area contributed by atoms with Gasteiger partial charge in [0.05, 0.1) is 6.10 Å². The predicted octanol–water partition coefficient (Wildman–Crippen LogP) is 3.74. The van der Waals surface area contributed by atoms with Crippen LogP contribution in [0.15, 0.2) is 36.4 Å². The SMILES string of the molecule is C[C@@H](O)c1ccc(OCc2cccc(F)c2F)cc1F. The molecule has 1 atom stereocenters. The molecule has 0 saturated carbocycles. The molecule has 0 fully saturated rings. The summed E-state index contributed by atoms with van der Waals surface area (Å²) in [7, 11) is 0. The number of ether oxygens (including phenoxy) is 1. The van der Waals surface area contributed by atoms with E-state index in [1.807, 2.05) is 0 Å². The van der Waals surface area contributed by atoms with Crippen molar-refractivity contribution >= 4 is 0 Å². The Labute approximate surface area is 114 Å². The van der Waals surface area contributed by atoms with Gasteiger partial charge in [-0.25, -0.2) is 13.2 Å². The monoisotopic (exact) mass is 282 g/mol. The van der Waals surface area contributed by atoms with Crippen molar-refractivity contribution in [3.63, 3.8) is 0 Å². The average Bonchev–Trinajstić information content (AvgIpc) is 2.40. The minimum Gasteiger partial charge on any atom is -0.489 e. The van der Waals surface area contributed by atoms with Crippen LogP contribution in [0.1, 0.15) is 24.2 Å². The van der Waals surface area contributed by atoms with Crippen molar-refractivity contribution < 1.29 is 23.0 Å². The van der Waals surface area contributed by atoms with Crippen LogP contribution in [0.4, 0.5) is 13.2 Å². The second-order valence-electron chi connectivity index (χ2n) is 4.36. The number of aliphatic hydroxyl groups is 1. The molecule has 0 saturated heterocycles. The zero-order valence-corrected chi connectivity index (χ0v) is 10.7. The number of hydrogen-bond acceptors (Lipinski definition) is 2. The highest BCUT2D eigenvalue weighted by Gasteiger charge is 2.11. The van der Waals surface area contributed by atoms with Gasteiger partial charge < -0.3 is 9.84 Å². The number of aliphatic hydroxyl groups excluding tert-OH is 1. The van der Waals surface area contributed by atoms with Crippen LogP contribution in [-0.2, 0) is 6.61 Å². The molecule has 0 radical (unpaired) electrons. The van der Waals surface area contributed by atoms with Crippen molar-refractivity contribution in [2.45, 2.75) is 19.6 Å². The molecule has 0 aliphatic carbocycles. The van der Waals surface area contributed by atoms with Crippen LogP contribution in [0, 0.1) is 17.5 Å². The van der Waals surface area contributed by atoms with E-state index in [1.54, 1.807) is 0 Å². The van der Waals surface area contributed by atoms with Crippen molar-refractivity contribution in [1.29, 1.82) is 0 Å². The van der Waals surface area contributed by atoms with E-state index in [0.29, 0.717) is 0 Å². The lowest BCUT2D eigenvalue weighted by Crippen LogP contribution is -2.02. The lowest BCUT2D eigenvalue weighted by molar-refractivity contribution is 0.193. The molecule has 0 bridgehead atoms. The van der Waals surface area contributed by atoms with E-state index in [4.69, 9.17) is 4.74 Å². The van der Waals surface area contributed by atoms with Gasteiger partial charge in [-0.05, 0) is 25.1 Å². The molecule has 2 rings (SSSR count). The molecule has 2 nitrogen and oxygen atoms in total. The third kappa shape index (κ3) is 3.11. The quantitative estimate of drug-likeness (QED) is 0.925. The highest BCUT2D eigenvalue weighted by molar-refractivity contribution is 5.30. The van der Waals surface area contributed by atoms with Crippen LogP contribution < -0.4 is 4.74 Å². The molecule has 5 heteroatoms. The predicted molar refractivity (Wildman–Crippen MR) is 67.7 cm³/mol. The van der Waals surface area contributed by atoms with Crippen molar-refractivity contribution in [2.24, 2.45) is 0 Å². The number of hydrogen-bond donors (Lipinski definition) is 1. The van der Waals surface area contributed by atoms with Crippen LogP contribution in [0.5, 0.6) is 5.75 Å². The normalized spacial score (nSPS) is 12.2. The fourth-order valence-electron chi connectivity index (χ4n) is 1.76. The molecule has 0 aromatic heterocycles. The molecule has 1 N–H and O–H groups in total. The van der Waals surface area contributed by atoms with Crippen molar-refractivity contribution in [1.82, 2.24) is 0 Å². The molecule has 0 spiro atoms. The van der Waals surface area contributed by atoms with Crippen LogP contribution >= 0.6 is 0 Å². The molecule has 0 amide bonds. The Morgan fingerprint density at radius 3 is 2.50 bits per heavy atom. The first-order chi connectivity index (χ1) is 9.49. The summed E-state index contributed by atoms with van der Waals surface area (Å²) in [5.41, 5.74) is 0.194. The van der Waals surface area contributed by atoms with E-state index in [1.165, 1.54) is 31.2 Å². The second-order valence-corrected chi connectivity index (χ2v) is 4.36. The van der Waals surface area contributed by atoms with Gasteiger partial charge in [-0.2, -0.15) is 0 Å². The maximum atomic E-state index is 13.6. The molecule has 106 valence electrons. The Balaban J connectivity index is 2.11. The minimum absolute atomic E-state index is 0.0463. The molecular weight excluding hydrogens is 269 g/mol. The zero-order valence-electron chi connectivity index (χ0n) is 10.7. The van der Waals surface area contributed by atoms with Crippen LogP contribution in [0.25, 0.3) is 0 Å². The number of benzene rings is 2. The molecule has 2 aromatic carbocycles. The van der Waals surface area contributed by atoms with Gasteiger partial charge in [-0.3, -0.25) is 0 Å². The van der Waals surface area contributed by atoms with Gasteiger partial charge in [-0.1, -0.05) is 12.1 Å². The fraction of sp³-hybridized carbons (Fsp3) is 0.200. The first kappa shape index (κ1) is 14.4. The Morgan fingerprint density at radius 1 is 1.10 bits per heavy atom. The maximum Gasteiger partial charge on any atom is 0.165 e. The highest BCUT2D eigenvalue weighted by atomic mass is 19.2. The van der Waals surface area contributed by atoms with E-state index in [-0.39, 0.29) is 23.5 Å². The third-order valence-corrected chi connectivity index (χ3v) is 2.85. The molecule has 0 aliphatic rings. The van der Waals surface area contributed by atoms with E-state index in [9.17, 15) is 18.3 Å². The lowest BCUT2D eigenvalue weighted by atomic mass is 10.1. The highest BCUT2D eigenvalue weighted by Crippen LogP contribution is 2.23. The Kier molecular flexibility index (Phi) is 4.29. The smallest absolute Gasteiger partial charge is 0.165 e. The van der Waals surface area contributed by atoms with Crippen LogP contribution in [-0.4, -0.2) is 5.11 Å². The first-order valence-electron chi connectivity index (χ1n) is 6.02. The summed E-state index contributed by atoms with van der Waals surface area (Å²) in [6.07, 6.45) is -0.926. The van der Waals surface area contributed by atoms with Crippen molar-refractivity contribution in [3.8, 4) is 5.75 Å². The summed E-state index contributed by atoms with van der Waals surface area (Å²) in [5, 5.41) is 9.30. The van der Waals surface area contributed by atoms with Crippen LogP contribution in [0.2, 0.25) is 0 Å². The molecule has 0 unspecified atom stereocenters. The molecular formula is C15H13F3O2. The van der Waals surface area contributed by atoms with Gasteiger partial charge in [0.2, 0.25) is 0 Å². The van der Waals surface area contributed by atoms with Crippen LogP contribution in [0.3, 0.4) is 0 Å². The summed E-state index contributed by atoms with van der Waals surface area (Å²) in [6.45, 7) is 1.23. The molecule has 2 aromatic rings. The van der Waals surface area contributed by atoms with E-state index >= 15 is 0 Å². The van der Waals surface area contributed by atoms with E-state index < -0.39 is 23.6 Å². The largest absolute Gasteiger partial charge is 0.489 e. The number of rotatable bonds is 4. The van der Waals surface area contributed by atoms with Gasteiger partial charge in [-0.15, -0.1) is 0 Å². The summed E-state index contributed by atoms with van der Waals surface area (Å²) in [4.78, 5) is 0. The standard InChI is InChI=1S/C15H13F3O2/c1-9(19)12-6-5-11(7-14(12)17)20-8-10-3-2-4-13(16)15(10)18/h2-7,9,19H,8H2,1H3/t9-/m1/s1. The Morgan fingerprint density at radius 2 is 1.85 bits per heavy atom. The zero-order chi connectivity index (χ0) is 14.7. The lowest BCUT2D eigenvalue weighted by Gasteiger charge is -2.10. The molecule has 0 aliphatic heterocycles. The summed E-state index contributed by atoms with van der Waals surface area (Å²) >= 11 is 0. The molecule has 20 heavy (non-hydrogen) atoms. The summed E-state index contributed by atoms with van der Waals surface area (Å²) in [5.74, 6) is -2.37. The Hall–Kier alpha value is -2.01. The van der Waals surface area contributed by atoms with Crippen molar-refractivity contribution in [2.75, 3.05) is 0 Å². The fourth-order valence-corrected chi connectivity index (χ4v) is 1.76. The minimum atomic E-state index is -0.978. The maximum absolute atomic E-state index is 13.6. The summed E-state index contributed by atoms with van der Waals surface area (Å²) < 4.78 is 45.2. The second kappa shape index (κ2) is 5.96. The first-order valence-corrected chi connectivity index (χ1v) is 6.02. The average molecular weight is 282 g/mol. The van der Waals surface area contributed by atoms with Gasteiger partial charge in [0.25, 0.3) is 0 Å². The topological polar surface area (TPSA) is 29.5 Å². The summed E-state index contributed by atoms with van der Waals surface area (Å²) in [6, 6.07) is 7.71.